The Labute approximate surface area is 227 Å². The second-order valence-corrected chi connectivity index (χ2v) is 10.6. The largest absolute Gasteiger partial charge is 0.494 e. The van der Waals surface area contributed by atoms with Crippen LogP contribution in [-0.4, -0.2) is 25.1 Å². The summed E-state index contributed by atoms with van der Waals surface area (Å²) in [7, 11) is 0. The molecule has 0 saturated heterocycles. The third kappa shape index (κ3) is 8.76. The maximum Gasteiger partial charge on any atom is 0.330 e. The van der Waals surface area contributed by atoms with E-state index in [0.717, 1.165) is 33.7 Å². The van der Waals surface area contributed by atoms with Gasteiger partial charge in [0.15, 0.2) is 0 Å². The van der Waals surface area contributed by atoms with E-state index in [9.17, 15) is 18.4 Å². The van der Waals surface area contributed by atoms with E-state index in [4.69, 9.17) is 9.47 Å². The van der Waals surface area contributed by atoms with E-state index in [2.05, 4.69) is 25.6 Å². The van der Waals surface area contributed by atoms with Gasteiger partial charge in [0.05, 0.1) is 13.2 Å². The Hall–Kier alpha value is -3.06. The molecule has 2 aromatic carbocycles. The lowest BCUT2D eigenvalue weighted by atomic mass is 9.97. The first-order valence-corrected chi connectivity index (χ1v) is 14.0. The standard InChI is InChI=1S/C31H36F2O4S/c1-4-6-7-10-23-11-14-26(22(3)19-23)27-20-24-12-13-25(21-28(24)38-30(27)35)36-17-8-15-31(32,33)16-9-18-37-29(34)5-2/h5,11-14,19-21H,2,4,6-10,15-18H2,1,3H3. The molecule has 0 aliphatic carbocycles. The smallest absolute Gasteiger partial charge is 0.330 e. The molecule has 0 unspecified atom stereocenters. The first kappa shape index (κ1) is 29.5. The van der Waals surface area contributed by atoms with Gasteiger partial charge in [0, 0.05) is 29.2 Å². The first-order chi connectivity index (χ1) is 18.2. The average molecular weight is 543 g/mol. The van der Waals surface area contributed by atoms with Gasteiger partial charge in [0.2, 0.25) is 10.7 Å². The minimum atomic E-state index is -2.85. The monoisotopic (exact) mass is 542 g/mol. The van der Waals surface area contributed by atoms with Crippen LogP contribution in [0.4, 0.5) is 8.78 Å². The number of carbonyl (C=O) groups excluding carboxylic acids is 1. The quantitative estimate of drug-likeness (QED) is 0.110. The number of hydrogen-bond acceptors (Lipinski definition) is 5. The van der Waals surface area contributed by atoms with Gasteiger partial charge in [-0.05, 0) is 78.9 Å². The maximum absolute atomic E-state index is 14.1. The van der Waals surface area contributed by atoms with Crippen LogP contribution in [0.2, 0.25) is 0 Å². The van der Waals surface area contributed by atoms with Crippen molar-refractivity contribution in [2.45, 2.75) is 71.1 Å². The van der Waals surface area contributed by atoms with Crippen LogP contribution in [0.5, 0.6) is 5.75 Å². The molecule has 3 aromatic rings. The summed E-state index contributed by atoms with van der Waals surface area (Å²) in [5, 5.41) is 0.937. The van der Waals surface area contributed by atoms with Gasteiger partial charge in [0.25, 0.3) is 0 Å². The Morgan fingerprint density at radius 2 is 1.76 bits per heavy atom. The molecule has 1 aromatic heterocycles. The van der Waals surface area contributed by atoms with Gasteiger partial charge >= 0.3 is 5.97 Å². The molecule has 204 valence electrons. The van der Waals surface area contributed by atoms with Crippen LogP contribution in [-0.2, 0) is 16.0 Å². The summed E-state index contributed by atoms with van der Waals surface area (Å²) >= 11 is 1.17. The van der Waals surface area contributed by atoms with Crippen molar-refractivity contribution in [1.82, 2.24) is 0 Å². The highest BCUT2D eigenvalue weighted by molar-refractivity contribution is 7.16. The maximum atomic E-state index is 14.1. The lowest BCUT2D eigenvalue weighted by Crippen LogP contribution is -2.18. The van der Waals surface area contributed by atoms with E-state index >= 15 is 0 Å². The Morgan fingerprint density at radius 3 is 2.47 bits per heavy atom. The van der Waals surface area contributed by atoms with Gasteiger partial charge in [-0.15, -0.1) is 0 Å². The number of esters is 1. The fourth-order valence-electron chi connectivity index (χ4n) is 4.34. The van der Waals surface area contributed by atoms with Gasteiger partial charge in [0.1, 0.15) is 5.75 Å². The average Bonchev–Trinajstić information content (AvgIpc) is 2.89. The van der Waals surface area contributed by atoms with Gasteiger partial charge in [-0.3, -0.25) is 4.79 Å². The molecule has 3 rings (SSSR count). The Morgan fingerprint density at radius 1 is 1.00 bits per heavy atom. The fourth-order valence-corrected chi connectivity index (χ4v) is 5.24. The lowest BCUT2D eigenvalue weighted by molar-refractivity contribution is -0.138. The van der Waals surface area contributed by atoms with Crippen molar-refractivity contribution in [2.75, 3.05) is 13.2 Å². The number of ether oxygens (including phenoxy) is 2. The Kier molecular flexibility index (Phi) is 11.0. The molecule has 0 fully saturated rings. The van der Waals surface area contributed by atoms with Crippen molar-refractivity contribution >= 4 is 27.4 Å². The fraction of sp³-hybridized carbons (Fsp3) is 0.419. The van der Waals surface area contributed by atoms with E-state index in [-0.39, 0.29) is 43.6 Å². The predicted octanol–water partition coefficient (Wildman–Crippen LogP) is 8.27. The highest BCUT2D eigenvalue weighted by Gasteiger charge is 2.27. The van der Waals surface area contributed by atoms with Crippen LogP contribution in [0.1, 0.15) is 63.0 Å². The summed E-state index contributed by atoms with van der Waals surface area (Å²) in [4.78, 5) is 24.0. The van der Waals surface area contributed by atoms with Crippen LogP contribution < -0.4 is 9.48 Å². The van der Waals surface area contributed by atoms with Crippen molar-refractivity contribution in [3.8, 4) is 16.9 Å². The molecule has 38 heavy (non-hydrogen) atoms. The number of fused-ring (bicyclic) bond motifs is 1. The summed E-state index contributed by atoms with van der Waals surface area (Å²) in [6.45, 7) is 7.59. The highest BCUT2D eigenvalue weighted by Crippen LogP contribution is 2.30. The van der Waals surface area contributed by atoms with Crippen LogP contribution >= 0.6 is 11.3 Å². The number of aryl methyl sites for hydroxylation is 2. The molecule has 7 heteroatoms. The second kappa shape index (κ2) is 14.2. The summed E-state index contributed by atoms with van der Waals surface area (Å²) < 4.78 is 39.3. The molecular weight excluding hydrogens is 506 g/mol. The topological polar surface area (TPSA) is 52.6 Å². The molecule has 0 aliphatic heterocycles. The molecule has 0 aliphatic rings. The van der Waals surface area contributed by atoms with Crippen molar-refractivity contribution in [3.05, 3.63) is 75.8 Å². The number of halogens is 2. The van der Waals surface area contributed by atoms with E-state index in [1.165, 1.54) is 36.2 Å². The van der Waals surface area contributed by atoms with E-state index in [0.29, 0.717) is 11.3 Å². The first-order valence-electron chi connectivity index (χ1n) is 13.2. The number of carbonyl (C=O) groups is 1. The van der Waals surface area contributed by atoms with Crippen molar-refractivity contribution in [2.24, 2.45) is 0 Å². The third-order valence-electron chi connectivity index (χ3n) is 6.41. The Bertz CT molecular complexity index is 1300. The van der Waals surface area contributed by atoms with E-state index in [1.54, 1.807) is 12.1 Å². The number of benzene rings is 2. The van der Waals surface area contributed by atoms with Crippen LogP contribution in [0.15, 0.2) is 59.9 Å². The summed E-state index contributed by atoms with van der Waals surface area (Å²) in [5.74, 6) is -2.91. The molecule has 0 N–H and O–H groups in total. The minimum absolute atomic E-state index is 0.0186. The van der Waals surface area contributed by atoms with E-state index in [1.807, 2.05) is 25.1 Å². The van der Waals surface area contributed by atoms with E-state index < -0.39 is 11.9 Å². The number of unbranched alkanes of at least 4 members (excludes halogenated alkanes) is 2. The molecule has 0 atom stereocenters. The zero-order valence-corrected chi connectivity index (χ0v) is 23.0. The van der Waals surface area contributed by atoms with Gasteiger partial charge in [-0.2, -0.15) is 0 Å². The zero-order valence-electron chi connectivity index (χ0n) is 22.2. The van der Waals surface area contributed by atoms with Crippen LogP contribution in [0, 0.1) is 6.92 Å². The predicted molar refractivity (Wildman–Crippen MR) is 152 cm³/mol. The zero-order chi connectivity index (χ0) is 27.5. The molecule has 0 saturated carbocycles. The minimum Gasteiger partial charge on any atom is -0.494 e. The molecule has 0 spiro atoms. The van der Waals surface area contributed by atoms with Gasteiger partial charge < -0.3 is 9.47 Å². The lowest BCUT2D eigenvalue weighted by Gasteiger charge is -2.16. The highest BCUT2D eigenvalue weighted by atomic mass is 32.1. The second-order valence-electron chi connectivity index (χ2n) is 9.54. The summed E-state index contributed by atoms with van der Waals surface area (Å²) in [6, 6.07) is 13.8. The van der Waals surface area contributed by atoms with Crippen molar-refractivity contribution in [3.63, 3.8) is 0 Å². The number of rotatable bonds is 15. The molecule has 0 radical (unpaired) electrons. The normalized spacial score (nSPS) is 11.5. The molecule has 4 nitrogen and oxygen atoms in total. The molecular formula is C31H36F2O4S. The molecule has 0 amide bonds. The summed E-state index contributed by atoms with van der Waals surface area (Å²) in [5.41, 5.74) is 4.03. The SMILES string of the molecule is C=CC(=O)OCCCC(F)(F)CCCOc1ccc2cc(-c3ccc(CCCCC)cc3C)c(=O)sc2c1. The molecule has 1 heterocycles. The number of hydrogen-bond donors (Lipinski definition) is 0. The van der Waals surface area contributed by atoms with Crippen molar-refractivity contribution < 1.29 is 23.0 Å². The molecule has 0 bridgehead atoms. The summed E-state index contributed by atoms with van der Waals surface area (Å²) in [6.07, 6.45) is 5.22. The van der Waals surface area contributed by atoms with Crippen molar-refractivity contribution in [1.29, 1.82) is 0 Å². The van der Waals surface area contributed by atoms with Crippen LogP contribution in [0.3, 0.4) is 0 Å². The van der Waals surface area contributed by atoms with Gasteiger partial charge in [-0.1, -0.05) is 55.9 Å². The number of alkyl halides is 2. The van der Waals surface area contributed by atoms with Gasteiger partial charge in [-0.25, -0.2) is 13.6 Å². The third-order valence-corrected chi connectivity index (χ3v) is 7.39. The Balaban J connectivity index is 1.57. The van der Waals surface area contributed by atoms with Crippen LogP contribution in [0.25, 0.3) is 21.2 Å².